The normalized spacial score (nSPS) is 24.7. The third kappa shape index (κ3) is 5.08. The molecule has 3 rings (SSSR count). The summed E-state index contributed by atoms with van der Waals surface area (Å²) >= 11 is 0. The van der Waals surface area contributed by atoms with Crippen molar-refractivity contribution in [2.75, 3.05) is 53.0 Å². The van der Waals surface area contributed by atoms with Crippen LogP contribution < -0.4 is 5.32 Å². The first-order valence-corrected chi connectivity index (χ1v) is 8.64. The summed E-state index contributed by atoms with van der Waals surface area (Å²) in [6.07, 6.45) is 2.71. The predicted molar refractivity (Wildman–Crippen MR) is 107 cm³/mol. The van der Waals surface area contributed by atoms with Gasteiger partial charge in [-0.15, -0.1) is 24.0 Å². The molecule has 25 heavy (non-hydrogen) atoms. The zero-order valence-electron chi connectivity index (χ0n) is 15.0. The molecule has 2 N–H and O–H groups in total. The van der Waals surface area contributed by atoms with E-state index < -0.39 is 5.60 Å². The zero-order chi connectivity index (χ0) is 17.0. The Morgan fingerprint density at radius 3 is 2.80 bits per heavy atom. The lowest BCUT2D eigenvalue weighted by molar-refractivity contribution is 0.0193. The minimum atomic E-state index is -1.07. The van der Waals surface area contributed by atoms with Gasteiger partial charge < -0.3 is 24.5 Å². The first-order valence-electron chi connectivity index (χ1n) is 8.64. The minimum Gasteiger partial charge on any atom is -0.466 e. The highest BCUT2D eigenvalue weighted by atomic mass is 127. The molecular formula is C17H29IN4O3. The topological polar surface area (TPSA) is 73.5 Å². The maximum Gasteiger partial charge on any atom is 0.193 e. The molecule has 0 spiro atoms. The van der Waals surface area contributed by atoms with E-state index in [0.717, 1.165) is 51.8 Å². The molecule has 2 aliphatic heterocycles. The smallest absolute Gasteiger partial charge is 0.193 e. The molecule has 0 bridgehead atoms. The van der Waals surface area contributed by atoms with Gasteiger partial charge in [0.1, 0.15) is 11.4 Å². The summed E-state index contributed by atoms with van der Waals surface area (Å²) in [5.74, 6) is 1.38. The molecule has 2 atom stereocenters. The summed E-state index contributed by atoms with van der Waals surface area (Å²) in [6, 6.07) is 4.12. The van der Waals surface area contributed by atoms with Gasteiger partial charge in [0, 0.05) is 39.3 Å². The van der Waals surface area contributed by atoms with E-state index in [1.807, 2.05) is 0 Å². The van der Waals surface area contributed by atoms with Crippen LogP contribution in [0.1, 0.15) is 19.1 Å². The van der Waals surface area contributed by atoms with Crippen LogP contribution in [-0.4, -0.2) is 79.9 Å². The Bertz CT molecular complexity index is 544. The van der Waals surface area contributed by atoms with Crippen molar-refractivity contribution in [2.45, 2.75) is 25.0 Å². The van der Waals surface area contributed by atoms with Crippen LogP contribution in [0, 0.1) is 0 Å². The van der Waals surface area contributed by atoms with Crippen LogP contribution in [0.4, 0.5) is 0 Å². The predicted octanol–water partition coefficient (Wildman–Crippen LogP) is 1.09. The number of morpholine rings is 1. The maximum absolute atomic E-state index is 10.6. The molecule has 2 aliphatic rings. The van der Waals surface area contributed by atoms with E-state index in [4.69, 9.17) is 9.15 Å². The Balaban J connectivity index is 0.00000225. The summed E-state index contributed by atoms with van der Waals surface area (Å²) in [5, 5.41) is 13.9. The zero-order valence-corrected chi connectivity index (χ0v) is 17.3. The number of hydrogen-bond donors (Lipinski definition) is 2. The number of aliphatic hydroxyl groups is 1. The molecule has 2 saturated heterocycles. The summed E-state index contributed by atoms with van der Waals surface area (Å²) in [4.78, 5) is 9.15. The molecule has 1 aromatic heterocycles. The molecule has 1 aromatic rings. The maximum atomic E-state index is 10.6. The second-order valence-electron chi connectivity index (χ2n) is 6.69. The number of furan rings is 1. The van der Waals surface area contributed by atoms with Crippen molar-refractivity contribution in [3.05, 3.63) is 24.2 Å². The molecule has 0 aliphatic carbocycles. The van der Waals surface area contributed by atoms with E-state index in [-0.39, 0.29) is 24.0 Å². The van der Waals surface area contributed by atoms with Crippen LogP contribution in [0.15, 0.2) is 27.8 Å². The average molecular weight is 464 g/mol. The fourth-order valence-electron chi connectivity index (χ4n) is 3.43. The van der Waals surface area contributed by atoms with Crippen molar-refractivity contribution >= 4 is 29.9 Å². The van der Waals surface area contributed by atoms with Gasteiger partial charge in [-0.25, -0.2) is 0 Å². The Morgan fingerprint density at radius 1 is 1.40 bits per heavy atom. The van der Waals surface area contributed by atoms with E-state index in [1.165, 1.54) is 0 Å². The molecule has 0 amide bonds. The van der Waals surface area contributed by atoms with Crippen LogP contribution in [0.5, 0.6) is 0 Å². The highest BCUT2D eigenvalue weighted by Gasteiger charge is 2.32. The first-order chi connectivity index (χ1) is 11.6. The van der Waals surface area contributed by atoms with Gasteiger partial charge in [-0.2, -0.15) is 0 Å². The van der Waals surface area contributed by atoms with Gasteiger partial charge >= 0.3 is 0 Å². The lowest BCUT2D eigenvalue weighted by Crippen LogP contribution is -2.48. The highest BCUT2D eigenvalue weighted by Crippen LogP contribution is 2.21. The molecule has 0 saturated carbocycles. The van der Waals surface area contributed by atoms with Gasteiger partial charge in [-0.3, -0.25) is 9.89 Å². The van der Waals surface area contributed by atoms with Crippen LogP contribution >= 0.6 is 24.0 Å². The van der Waals surface area contributed by atoms with E-state index in [1.54, 1.807) is 32.4 Å². The fourth-order valence-corrected chi connectivity index (χ4v) is 3.43. The quantitative estimate of drug-likeness (QED) is 0.395. The van der Waals surface area contributed by atoms with Crippen molar-refractivity contribution in [3.63, 3.8) is 0 Å². The highest BCUT2D eigenvalue weighted by molar-refractivity contribution is 14.0. The van der Waals surface area contributed by atoms with Crippen LogP contribution in [0.3, 0.4) is 0 Å². The molecule has 142 valence electrons. The lowest BCUT2D eigenvalue weighted by atomic mass is 10.0. The van der Waals surface area contributed by atoms with Gasteiger partial charge in [0.05, 0.1) is 26.0 Å². The van der Waals surface area contributed by atoms with E-state index in [2.05, 4.69) is 20.1 Å². The van der Waals surface area contributed by atoms with Gasteiger partial charge in [0.25, 0.3) is 0 Å². The van der Waals surface area contributed by atoms with Gasteiger partial charge in [-0.1, -0.05) is 0 Å². The monoisotopic (exact) mass is 464 g/mol. The molecule has 0 aromatic carbocycles. The average Bonchev–Trinajstić information content (AvgIpc) is 3.29. The van der Waals surface area contributed by atoms with Crippen molar-refractivity contribution < 1.29 is 14.3 Å². The third-order valence-electron chi connectivity index (χ3n) is 4.88. The Hall–Kier alpha value is -0.840. The summed E-state index contributed by atoms with van der Waals surface area (Å²) in [7, 11) is 1.78. The third-order valence-corrected chi connectivity index (χ3v) is 4.88. The standard InChI is InChI=1S/C17H28N4O3.HI/c1-17(22,15-4-3-9-24-15)13-19-16(18-2)21-6-5-14(12-21)20-7-10-23-11-8-20;/h3-4,9,14,22H,5-8,10-13H2,1-2H3,(H,18,19);1H. The van der Waals surface area contributed by atoms with Crippen LogP contribution in [0.2, 0.25) is 0 Å². The van der Waals surface area contributed by atoms with Crippen molar-refractivity contribution in [1.82, 2.24) is 15.1 Å². The van der Waals surface area contributed by atoms with Crippen LogP contribution in [0.25, 0.3) is 0 Å². The summed E-state index contributed by atoms with van der Waals surface area (Å²) < 4.78 is 10.8. The number of halogens is 1. The SMILES string of the molecule is CN=C(NCC(C)(O)c1ccco1)N1CCC(N2CCOCC2)C1.I. The Labute approximate surface area is 166 Å². The lowest BCUT2D eigenvalue weighted by Gasteiger charge is -2.32. The number of hydrogen-bond acceptors (Lipinski definition) is 5. The second kappa shape index (κ2) is 9.20. The second-order valence-corrected chi connectivity index (χ2v) is 6.69. The minimum absolute atomic E-state index is 0. The number of rotatable bonds is 4. The summed E-state index contributed by atoms with van der Waals surface area (Å²) in [6.45, 7) is 7.71. The molecular weight excluding hydrogens is 435 g/mol. The fraction of sp³-hybridized carbons (Fsp3) is 0.706. The number of nitrogens with zero attached hydrogens (tertiary/aromatic N) is 3. The number of ether oxygens (including phenoxy) is 1. The van der Waals surface area contributed by atoms with Crippen LogP contribution in [-0.2, 0) is 10.3 Å². The largest absolute Gasteiger partial charge is 0.466 e. The molecule has 2 fully saturated rings. The van der Waals surface area contributed by atoms with E-state index in [0.29, 0.717) is 18.3 Å². The number of guanidine groups is 1. The molecule has 8 heteroatoms. The van der Waals surface area contributed by atoms with E-state index >= 15 is 0 Å². The van der Waals surface area contributed by atoms with Gasteiger partial charge in [-0.05, 0) is 25.5 Å². The van der Waals surface area contributed by atoms with Crippen molar-refractivity contribution in [2.24, 2.45) is 4.99 Å². The molecule has 7 nitrogen and oxygen atoms in total. The number of likely N-dealkylation sites (tertiary alicyclic amines) is 1. The first kappa shape index (κ1) is 20.5. The Morgan fingerprint density at radius 2 is 2.16 bits per heavy atom. The van der Waals surface area contributed by atoms with E-state index in [9.17, 15) is 5.11 Å². The molecule has 0 radical (unpaired) electrons. The van der Waals surface area contributed by atoms with Crippen molar-refractivity contribution in [3.8, 4) is 0 Å². The number of nitrogens with one attached hydrogen (secondary N) is 1. The van der Waals surface area contributed by atoms with Gasteiger partial charge in [0.15, 0.2) is 5.96 Å². The van der Waals surface area contributed by atoms with Gasteiger partial charge in [0.2, 0.25) is 0 Å². The summed E-state index contributed by atoms with van der Waals surface area (Å²) in [5.41, 5.74) is -1.07. The molecule has 3 heterocycles. The Kier molecular flexibility index (Phi) is 7.53. The molecule has 2 unspecified atom stereocenters. The number of aliphatic imine (C=N–C) groups is 1. The van der Waals surface area contributed by atoms with Crippen molar-refractivity contribution in [1.29, 1.82) is 0 Å².